The van der Waals surface area contributed by atoms with Crippen LogP contribution in [0.3, 0.4) is 0 Å². The molecule has 0 spiro atoms. The van der Waals surface area contributed by atoms with E-state index in [4.69, 9.17) is 11.6 Å². The van der Waals surface area contributed by atoms with E-state index in [1.165, 1.54) is 4.90 Å². The number of fused-ring (bicyclic) bond motifs is 5. The van der Waals surface area contributed by atoms with Crippen molar-refractivity contribution in [3.8, 4) is 0 Å². The Balaban J connectivity index is 1.55. The largest absolute Gasteiger partial charge is 0.297 e. The number of nitrogens with zero attached hydrogens (tertiary/aromatic N) is 1. The van der Waals surface area contributed by atoms with Gasteiger partial charge in [0.1, 0.15) is 0 Å². The normalized spacial score (nSPS) is 25.3. The maximum Gasteiger partial charge on any atom is 0.239 e. The number of carbonyl (C=O) groups excluding carboxylic acids is 3. The molecule has 1 aliphatic heterocycles. The van der Waals surface area contributed by atoms with E-state index in [9.17, 15) is 9.59 Å². The van der Waals surface area contributed by atoms with E-state index in [1.807, 2.05) is 134 Å². The summed E-state index contributed by atoms with van der Waals surface area (Å²) in [4.78, 5) is 47.1. The lowest BCUT2D eigenvalue weighted by Gasteiger charge is -2.39. The summed E-state index contributed by atoms with van der Waals surface area (Å²) in [5, 5.41) is 0.466. The minimum absolute atomic E-state index is 0.136. The number of rotatable bonds is 5. The number of carbonyl (C=O) groups is 3. The molecule has 2 amide bonds. The van der Waals surface area contributed by atoms with Crippen LogP contribution in [0.25, 0.3) is 11.1 Å². The topological polar surface area (TPSA) is 54.5 Å². The number of halogens is 1. The van der Waals surface area contributed by atoms with Gasteiger partial charge in [-0.3, -0.25) is 14.4 Å². The molecule has 3 aliphatic rings. The zero-order chi connectivity index (χ0) is 30.9. The molecule has 0 N–H and O–H groups in total. The van der Waals surface area contributed by atoms with E-state index in [2.05, 4.69) is 0 Å². The highest BCUT2D eigenvalue weighted by Gasteiger charge is 2.82. The number of allylic oxidation sites excluding steroid dienone is 2. The Hall–Kier alpha value is -5.06. The molecule has 45 heavy (non-hydrogen) atoms. The fraction of sp³-hybridized carbons (Fsp3) is 0.125. The summed E-state index contributed by atoms with van der Waals surface area (Å²) in [7, 11) is 0. The van der Waals surface area contributed by atoms with Crippen molar-refractivity contribution in [3.05, 3.63) is 172 Å². The van der Waals surface area contributed by atoms with E-state index in [0.29, 0.717) is 21.8 Å². The molecule has 2 aliphatic carbocycles. The molecule has 5 aromatic carbocycles. The van der Waals surface area contributed by atoms with Gasteiger partial charge in [0.05, 0.1) is 28.4 Å². The molecule has 4 nitrogen and oxygen atoms in total. The van der Waals surface area contributed by atoms with Crippen LogP contribution >= 0.6 is 11.6 Å². The van der Waals surface area contributed by atoms with E-state index < -0.39 is 22.7 Å². The molecule has 5 heteroatoms. The third-order valence-corrected chi connectivity index (χ3v) is 10.4. The SMILES string of the molecule is Cc1ccc(N2C(=O)[C@H]3[C@H](C2=O)[C@@]2(c4ccccc4)C(=O)[C@@]3(c3ccccc3)C(c3ccccc3)=C2c2ccccc2)cc1Cl. The van der Waals surface area contributed by atoms with Gasteiger partial charge in [-0.05, 0) is 58.0 Å². The van der Waals surface area contributed by atoms with Gasteiger partial charge in [0.2, 0.25) is 11.8 Å². The van der Waals surface area contributed by atoms with Crippen molar-refractivity contribution >= 4 is 46.0 Å². The number of benzene rings is 5. The lowest BCUT2D eigenvalue weighted by Crippen LogP contribution is -2.45. The molecule has 4 atom stereocenters. The monoisotopic (exact) mass is 605 g/mol. The van der Waals surface area contributed by atoms with Crippen molar-refractivity contribution in [2.45, 2.75) is 17.8 Å². The second-order valence-corrected chi connectivity index (χ2v) is 12.5. The van der Waals surface area contributed by atoms with Gasteiger partial charge in [0, 0.05) is 5.02 Å². The average molecular weight is 606 g/mol. The van der Waals surface area contributed by atoms with Crippen LogP contribution in [0.1, 0.15) is 27.8 Å². The lowest BCUT2D eigenvalue weighted by molar-refractivity contribution is -0.130. The summed E-state index contributed by atoms with van der Waals surface area (Å²) in [6.45, 7) is 1.88. The summed E-state index contributed by atoms with van der Waals surface area (Å²) >= 11 is 6.54. The highest BCUT2D eigenvalue weighted by Crippen LogP contribution is 2.74. The summed E-state index contributed by atoms with van der Waals surface area (Å²) in [6.07, 6.45) is 0. The number of aryl methyl sites for hydroxylation is 1. The van der Waals surface area contributed by atoms with Gasteiger partial charge in [0.15, 0.2) is 5.78 Å². The lowest BCUT2D eigenvalue weighted by atomic mass is 9.59. The predicted octanol–water partition coefficient (Wildman–Crippen LogP) is 7.84. The molecular formula is C40H28ClNO3. The van der Waals surface area contributed by atoms with Crippen LogP contribution in [0, 0.1) is 18.8 Å². The molecule has 218 valence electrons. The van der Waals surface area contributed by atoms with Crippen molar-refractivity contribution in [2.24, 2.45) is 11.8 Å². The van der Waals surface area contributed by atoms with Crippen molar-refractivity contribution in [3.63, 3.8) is 0 Å². The van der Waals surface area contributed by atoms with Crippen molar-refractivity contribution in [2.75, 3.05) is 4.90 Å². The molecule has 8 rings (SSSR count). The van der Waals surface area contributed by atoms with Crippen molar-refractivity contribution in [1.82, 2.24) is 0 Å². The van der Waals surface area contributed by atoms with E-state index >= 15 is 4.79 Å². The first kappa shape index (κ1) is 27.5. The average Bonchev–Trinajstić information content (AvgIpc) is 3.59. The Morgan fingerprint density at radius 3 is 1.36 bits per heavy atom. The maximum atomic E-state index is 15.8. The number of hydrogen-bond donors (Lipinski definition) is 0. The van der Waals surface area contributed by atoms with Crippen LogP contribution < -0.4 is 4.90 Å². The van der Waals surface area contributed by atoms with Crippen molar-refractivity contribution < 1.29 is 14.4 Å². The third-order valence-electron chi connectivity index (χ3n) is 9.99. The van der Waals surface area contributed by atoms with E-state index in [1.54, 1.807) is 12.1 Å². The molecule has 0 aromatic heterocycles. The number of imide groups is 1. The number of Topliss-reactive ketones (excluding diaryl/α,β-unsaturated/α-hetero) is 1. The first-order chi connectivity index (χ1) is 21.9. The fourth-order valence-electron chi connectivity index (χ4n) is 8.31. The molecule has 2 fully saturated rings. The molecule has 1 saturated heterocycles. The highest BCUT2D eigenvalue weighted by atomic mass is 35.5. The summed E-state index contributed by atoms with van der Waals surface area (Å²) in [5.74, 6) is -2.85. The van der Waals surface area contributed by atoms with Gasteiger partial charge in [-0.25, -0.2) is 4.90 Å². The van der Waals surface area contributed by atoms with Crippen LogP contribution in [0.2, 0.25) is 5.02 Å². The quantitative estimate of drug-likeness (QED) is 0.192. The standard InChI is InChI=1S/C40H28ClNO3/c1-25-22-23-30(24-31(25)41)42-36(43)34-35(37(42)44)40(29-20-12-5-13-21-29)33(27-16-8-3-9-17-27)32(26-14-6-2-7-15-26)39(34,38(40)45)28-18-10-4-11-19-28/h2-24,34-35H,1H3/t34-,35-,39+,40+/m1/s1. The van der Waals surface area contributed by atoms with Gasteiger partial charge in [0.25, 0.3) is 0 Å². The molecule has 1 saturated carbocycles. The smallest absolute Gasteiger partial charge is 0.239 e. The molecule has 5 aromatic rings. The maximum absolute atomic E-state index is 15.8. The van der Waals surface area contributed by atoms with Crippen LogP contribution in [0.15, 0.2) is 140 Å². The molecule has 0 unspecified atom stereocenters. The predicted molar refractivity (Wildman–Crippen MR) is 177 cm³/mol. The number of amides is 2. The minimum atomic E-state index is -1.43. The zero-order valence-electron chi connectivity index (χ0n) is 24.5. The Morgan fingerprint density at radius 1 is 0.556 bits per heavy atom. The number of ketones is 1. The van der Waals surface area contributed by atoms with Gasteiger partial charge < -0.3 is 0 Å². The van der Waals surface area contributed by atoms with Crippen LogP contribution in [0.5, 0.6) is 0 Å². The highest BCUT2D eigenvalue weighted by molar-refractivity contribution is 6.39. The number of anilines is 1. The second-order valence-electron chi connectivity index (χ2n) is 12.1. The zero-order valence-corrected chi connectivity index (χ0v) is 25.2. The van der Waals surface area contributed by atoms with E-state index in [-0.39, 0.29) is 17.6 Å². The Kier molecular flexibility index (Phi) is 6.10. The Bertz CT molecular complexity index is 1920. The van der Waals surface area contributed by atoms with E-state index in [0.717, 1.165) is 27.8 Å². The number of hydrogen-bond acceptors (Lipinski definition) is 3. The van der Waals surface area contributed by atoms with Gasteiger partial charge in [-0.1, -0.05) is 139 Å². The van der Waals surface area contributed by atoms with Crippen molar-refractivity contribution in [1.29, 1.82) is 0 Å². The first-order valence-electron chi connectivity index (χ1n) is 15.1. The molecule has 2 bridgehead atoms. The molecular weight excluding hydrogens is 578 g/mol. The van der Waals surface area contributed by atoms with Crippen LogP contribution in [0.4, 0.5) is 5.69 Å². The second kappa shape index (κ2) is 9.98. The molecule has 1 heterocycles. The molecule has 0 radical (unpaired) electrons. The summed E-state index contributed by atoms with van der Waals surface area (Å²) in [5.41, 5.74) is 3.07. The summed E-state index contributed by atoms with van der Waals surface area (Å²) in [6, 6.07) is 44.1. The van der Waals surface area contributed by atoms with Gasteiger partial charge in [-0.15, -0.1) is 0 Å². The van der Waals surface area contributed by atoms with Gasteiger partial charge in [-0.2, -0.15) is 0 Å². The van der Waals surface area contributed by atoms with Gasteiger partial charge >= 0.3 is 0 Å². The minimum Gasteiger partial charge on any atom is -0.297 e. The van der Waals surface area contributed by atoms with Crippen LogP contribution in [-0.4, -0.2) is 17.6 Å². The third kappa shape index (κ3) is 3.46. The fourth-order valence-corrected chi connectivity index (χ4v) is 8.48. The first-order valence-corrected chi connectivity index (χ1v) is 15.5. The van der Waals surface area contributed by atoms with Crippen LogP contribution in [-0.2, 0) is 25.2 Å². The Morgan fingerprint density at radius 2 is 0.956 bits per heavy atom. The summed E-state index contributed by atoms with van der Waals surface area (Å²) < 4.78 is 0. The Labute approximate surface area is 266 Å².